The fourth-order valence-corrected chi connectivity index (χ4v) is 3.12. The molecule has 0 atom stereocenters. The topological polar surface area (TPSA) is 22.0 Å². The van der Waals surface area contributed by atoms with Gasteiger partial charge in [0.1, 0.15) is 5.82 Å². The third-order valence-electron chi connectivity index (χ3n) is 2.39. The van der Waals surface area contributed by atoms with Crippen molar-refractivity contribution in [2.45, 2.75) is 18.4 Å². The van der Waals surface area contributed by atoms with Crippen LogP contribution < -0.4 is 4.87 Å². The molecule has 5 heteroatoms. The molecule has 0 radical (unpaired) electrons. The average Bonchev–Trinajstić information content (AvgIpc) is 2.63. The van der Waals surface area contributed by atoms with E-state index in [0.717, 1.165) is 5.69 Å². The zero-order valence-corrected chi connectivity index (χ0v) is 11.0. The Morgan fingerprint density at radius 2 is 2.18 bits per heavy atom. The minimum absolute atomic E-state index is 0.0524. The van der Waals surface area contributed by atoms with Crippen LogP contribution in [0.15, 0.2) is 39.3 Å². The van der Waals surface area contributed by atoms with E-state index in [9.17, 15) is 9.18 Å². The average molecular weight is 269 g/mol. The summed E-state index contributed by atoms with van der Waals surface area (Å²) in [6.45, 7) is 2.53. The van der Waals surface area contributed by atoms with Crippen molar-refractivity contribution in [3.63, 3.8) is 0 Å². The van der Waals surface area contributed by atoms with E-state index < -0.39 is 0 Å². The summed E-state index contributed by atoms with van der Waals surface area (Å²) in [6, 6.07) is 6.69. The molecule has 1 aromatic carbocycles. The van der Waals surface area contributed by atoms with Crippen molar-refractivity contribution in [1.82, 2.24) is 4.57 Å². The van der Waals surface area contributed by atoms with Gasteiger partial charge in [0.15, 0.2) is 0 Å². The highest BCUT2D eigenvalue weighted by atomic mass is 32.2. The molecule has 2 rings (SSSR count). The summed E-state index contributed by atoms with van der Waals surface area (Å²) in [4.78, 5) is 12.1. The van der Waals surface area contributed by atoms with Gasteiger partial charge in [-0.05, 0) is 19.1 Å². The standard InChI is InChI=1S/C12H12FNOS2/c1-9-8-17-12(15)14(9)6-7-16-11-5-3-2-4-10(11)13/h2-5,8H,6-7H2,1H3. The molecular formula is C12H12FNOS2. The van der Waals surface area contributed by atoms with Crippen molar-refractivity contribution in [2.24, 2.45) is 0 Å². The molecule has 0 fully saturated rings. The Morgan fingerprint density at radius 3 is 2.82 bits per heavy atom. The first kappa shape index (κ1) is 12.4. The van der Waals surface area contributed by atoms with Crippen LogP contribution in [0.3, 0.4) is 0 Å². The van der Waals surface area contributed by atoms with Crippen LogP contribution in [0.25, 0.3) is 0 Å². The molecule has 0 N–H and O–H groups in total. The largest absolute Gasteiger partial charge is 0.307 e. The molecule has 2 aromatic rings. The number of thioether (sulfide) groups is 1. The van der Waals surface area contributed by atoms with Crippen molar-refractivity contribution >= 4 is 23.1 Å². The normalized spacial score (nSPS) is 10.7. The van der Waals surface area contributed by atoms with Crippen molar-refractivity contribution in [1.29, 1.82) is 0 Å². The first-order valence-electron chi connectivity index (χ1n) is 5.21. The molecule has 1 heterocycles. The molecule has 0 spiro atoms. The Kier molecular flexibility index (Phi) is 4.02. The van der Waals surface area contributed by atoms with Crippen molar-refractivity contribution < 1.29 is 4.39 Å². The van der Waals surface area contributed by atoms with Gasteiger partial charge in [-0.3, -0.25) is 4.79 Å². The van der Waals surface area contributed by atoms with Crippen molar-refractivity contribution in [3.8, 4) is 0 Å². The molecule has 0 bridgehead atoms. The number of benzene rings is 1. The molecule has 0 aliphatic carbocycles. The van der Waals surface area contributed by atoms with Gasteiger partial charge in [-0.25, -0.2) is 4.39 Å². The summed E-state index contributed by atoms with van der Waals surface area (Å²) in [6.07, 6.45) is 0. The number of rotatable bonds is 4. The van der Waals surface area contributed by atoms with Crippen LogP contribution in [0.4, 0.5) is 4.39 Å². The lowest BCUT2D eigenvalue weighted by Gasteiger charge is -2.05. The molecule has 0 amide bonds. The number of halogens is 1. The Morgan fingerprint density at radius 1 is 1.41 bits per heavy atom. The number of aryl methyl sites for hydroxylation is 1. The van der Waals surface area contributed by atoms with Crippen LogP contribution in [0.5, 0.6) is 0 Å². The Labute approximate surface area is 107 Å². The van der Waals surface area contributed by atoms with Gasteiger partial charge in [0.05, 0.1) is 0 Å². The van der Waals surface area contributed by atoms with Crippen molar-refractivity contribution in [2.75, 3.05) is 5.75 Å². The summed E-state index contributed by atoms with van der Waals surface area (Å²) in [5.41, 5.74) is 0.967. The van der Waals surface area contributed by atoms with E-state index in [2.05, 4.69) is 0 Å². The highest BCUT2D eigenvalue weighted by molar-refractivity contribution is 7.99. The third-order valence-corrected chi connectivity index (χ3v) is 4.30. The van der Waals surface area contributed by atoms with Gasteiger partial charge in [-0.15, -0.1) is 11.8 Å². The molecule has 0 aliphatic rings. The highest BCUT2D eigenvalue weighted by Gasteiger charge is 2.04. The van der Waals surface area contributed by atoms with Gasteiger partial charge in [0.25, 0.3) is 0 Å². The Bertz CT molecular complexity index is 562. The fraction of sp³-hybridized carbons (Fsp3) is 0.250. The zero-order chi connectivity index (χ0) is 12.3. The maximum absolute atomic E-state index is 13.3. The van der Waals surface area contributed by atoms with Gasteiger partial charge in [-0.2, -0.15) is 0 Å². The first-order valence-corrected chi connectivity index (χ1v) is 7.07. The first-order chi connectivity index (χ1) is 8.18. The summed E-state index contributed by atoms with van der Waals surface area (Å²) >= 11 is 2.64. The number of hydrogen-bond acceptors (Lipinski definition) is 3. The maximum Gasteiger partial charge on any atom is 0.307 e. The van der Waals surface area contributed by atoms with E-state index in [1.54, 1.807) is 16.7 Å². The SMILES string of the molecule is Cc1csc(=O)n1CCSc1ccccc1F. The van der Waals surface area contributed by atoms with E-state index >= 15 is 0 Å². The lowest BCUT2D eigenvalue weighted by molar-refractivity contribution is 0.601. The highest BCUT2D eigenvalue weighted by Crippen LogP contribution is 2.21. The zero-order valence-electron chi connectivity index (χ0n) is 9.35. The van der Waals surface area contributed by atoms with Gasteiger partial charge < -0.3 is 4.57 Å². The molecule has 0 unspecified atom stereocenters. The molecule has 1 aromatic heterocycles. The van der Waals surface area contributed by atoms with E-state index in [1.807, 2.05) is 18.4 Å². The van der Waals surface area contributed by atoms with Crippen LogP contribution in [-0.4, -0.2) is 10.3 Å². The molecular weight excluding hydrogens is 257 g/mol. The van der Waals surface area contributed by atoms with E-state index in [4.69, 9.17) is 0 Å². The van der Waals surface area contributed by atoms with Gasteiger partial charge in [-0.1, -0.05) is 23.5 Å². The van der Waals surface area contributed by atoms with Crippen LogP contribution >= 0.6 is 23.1 Å². The van der Waals surface area contributed by atoms with E-state index in [1.165, 1.54) is 29.2 Å². The third kappa shape index (κ3) is 2.98. The number of aromatic nitrogens is 1. The van der Waals surface area contributed by atoms with E-state index in [0.29, 0.717) is 17.2 Å². The smallest absolute Gasteiger partial charge is 0.303 e. The van der Waals surface area contributed by atoms with Gasteiger partial charge >= 0.3 is 4.87 Å². The quantitative estimate of drug-likeness (QED) is 0.795. The van der Waals surface area contributed by atoms with Gasteiger partial charge in [0.2, 0.25) is 0 Å². The molecule has 0 saturated heterocycles. The second-order valence-electron chi connectivity index (χ2n) is 3.57. The van der Waals surface area contributed by atoms with Gasteiger partial charge in [0, 0.05) is 28.3 Å². The lowest BCUT2D eigenvalue weighted by Crippen LogP contribution is -2.15. The second-order valence-corrected chi connectivity index (χ2v) is 5.53. The Balaban J connectivity index is 1.97. The molecule has 0 aliphatic heterocycles. The van der Waals surface area contributed by atoms with Crippen LogP contribution in [-0.2, 0) is 6.54 Å². The second kappa shape index (κ2) is 5.51. The van der Waals surface area contributed by atoms with Crippen LogP contribution in [0.1, 0.15) is 5.69 Å². The molecule has 0 saturated carbocycles. The summed E-state index contributed by atoms with van der Waals surface area (Å²) in [5.74, 6) is 0.491. The fourth-order valence-electron chi connectivity index (χ4n) is 1.48. The molecule has 2 nitrogen and oxygen atoms in total. The minimum Gasteiger partial charge on any atom is -0.303 e. The summed E-state index contributed by atoms with van der Waals surface area (Å²) in [7, 11) is 0. The van der Waals surface area contributed by atoms with Crippen molar-refractivity contribution in [3.05, 3.63) is 50.8 Å². The predicted molar refractivity (Wildman–Crippen MR) is 70.4 cm³/mol. The summed E-state index contributed by atoms with van der Waals surface area (Å²) in [5, 5.41) is 1.84. The monoisotopic (exact) mass is 269 g/mol. The number of hydrogen-bond donors (Lipinski definition) is 0. The minimum atomic E-state index is -0.202. The predicted octanol–water partition coefficient (Wildman–Crippen LogP) is 3.15. The Hall–Kier alpha value is -1.07. The van der Waals surface area contributed by atoms with Crippen LogP contribution in [0.2, 0.25) is 0 Å². The molecule has 17 heavy (non-hydrogen) atoms. The lowest BCUT2D eigenvalue weighted by atomic mass is 10.3. The maximum atomic E-state index is 13.3. The molecule has 90 valence electrons. The van der Waals surface area contributed by atoms with Crippen LogP contribution in [0, 0.1) is 12.7 Å². The number of nitrogens with zero attached hydrogens (tertiary/aromatic N) is 1. The van der Waals surface area contributed by atoms with E-state index in [-0.39, 0.29) is 10.7 Å². The summed E-state index contributed by atoms with van der Waals surface area (Å²) < 4.78 is 15.0. The number of thiazole rings is 1.